The molecule has 0 N–H and O–H groups in total. The molecule has 0 saturated heterocycles. The summed E-state index contributed by atoms with van der Waals surface area (Å²) in [5, 5.41) is 7.69. The molecule has 0 unspecified atom stereocenters. The molecule has 0 saturated carbocycles. The smallest absolute Gasteiger partial charge is 0.155 e. The van der Waals surface area contributed by atoms with Crippen molar-refractivity contribution >= 4 is 27.5 Å². The summed E-state index contributed by atoms with van der Waals surface area (Å²) < 4.78 is 0.891. The fourth-order valence-electron chi connectivity index (χ4n) is 0.401. The zero-order valence-electron chi connectivity index (χ0n) is 4.73. The molecule has 1 heterocycles. The molecular formula is C5H4BrClN2. The maximum absolute atomic E-state index is 5.61. The van der Waals surface area contributed by atoms with Crippen LogP contribution < -0.4 is 0 Å². The number of rotatable bonds is 0. The average molecular weight is 207 g/mol. The van der Waals surface area contributed by atoms with Gasteiger partial charge in [-0.3, -0.25) is 0 Å². The number of hydrogen-bond acceptors (Lipinski definition) is 2. The summed E-state index contributed by atoms with van der Waals surface area (Å²) in [6.07, 6.45) is 1.61. The Morgan fingerprint density at radius 1 is 1.67 bits per heavy atom. The molecule has 0 bridgehead atoms. The Hall–Kier alpha value is -0.150. The summed E-state index contributed by atoms with van der Waals surface area (Å²) in [4.78, 5) is 0. The van der Waals surface area contributed by atoms with Crippen LogP contribution in [-0.4, -0.2) is 10.2 Å². The van der Waals surface area contributed by atoms with E-state index in [1.807, 2.05) is 6.92 Å². The molecule has 0 amide bonds. The largest absolute Gasteiger partial charge is 0.156 e. The van der Waals surface area contributed by atoms with Crippen LogP contribution in [0.25, 0.3) is 0 Å². The number of hydrogen-bond donors (Lipinski definition) is 0. The molecule has 0 spiro atoms. The van der Waals surface area contributed by atoms with Crippen molar-refractivity contribution in [3.8, 4) is 0 Å². The van der Waals surface area contributed by atoms with Crippen LogP contribution in [0.4, 0.5) is 0 Å². The molecule has 0 radical (unpaired) electrons. The van der Waals surface area contributed by atoms with E-state index in [9.17, 15) is 0 Å². The fourth-order valence-corrected chi connectivity index (χ4v) is 0.940. The van der Waals surface area contributed by atoms with Crippen molar-refractivity contribution in [2.75, 3.05) is 0 Å². The monoisotopic (exact) mass is 206 g/mol. The summed E-state index contributed by atoms with van der Waals surface area (Å²) in [7, 11) is 0. The molecule has 4 heteroatoms. The lowest BCUT2D eigenvalue weighted by Gasteiger charge is -1.94. The van der Waals surface area contributed by atoms with E-state index in [1.165, 1.54) is 0 Å². The van der Waals surface area contributed by atoms with Crippen LogP contribution in [0, 0.1) is 6.92 Å². The highest BCUT2D eigenvalue weighted by Gasteiger charge is 1.98. The van der Waals surface area contributed by atoms with Gasteiger partial charge in [-0.2, -0.15) is 5.10 Å². The predicted molar refractivity (Wildman–Crippen MR) is 39.5 cm³/mol. The first-order valence-corrected chi connectivity index (χ1v) is 3.52. The van der Waals surface area contributed by atoms with Crippen LogP contribution in [0.5, 0.6) is 0 Å². The third kappa shape index (κ3) is 1.40. The van der Waals surface area contributed by atoms with Gasteiger partial charge in [0, 0.05) is 10.0 Å². The van der Waals surface area contributed by atoms with Gasteiger partial charge < -0.3 is 0 Å². The van der Waals surface area contributed by atoms with Gasteiger partial charge in [0.15, 0.2) is 5.15 Å². The van der Waals surface area contributed by atoms with Gasteiger partial charge in [0.2, 0.25) is 0 Å². The SMILES string of the molecule is Cc1c(Br)cnnc1Cl. The van der Waals surface area contributed by atoms with Gasteiger partial charge in [-0.05, 0) is 22.9 Å². The maximum Gasteiger partial charge on any atom is 0.155 e. The standard InChI is InChI=1S/C5H4BrClN2/c1-3-4(6)2-8-9-5(3)7/h2H,1H3. The Morgan fingerprint density at radius 3 is 2.78 bits per heavy atom. The van der Waals surface area contributed by atoms with Crippen molar-refractivity contribution in [2.24, 2.45) is 0 Å². The van der Waals surface area contributed by atoms with E-state index in [1.54, 1.807) is 6.20 Å². The summed E-state index contributed by atoms with van der Waals surface area (Å²) in [5.41, 5.74) is 0.923. The molecule has 0 atom stereocenters. The second kappa shape index (κ2) is 2.62. The van der Waals surface area contributed by atoms with E-state index in [2.05, 4.69) is 26.1 Å². The minimum absolute atomic E-state index is 0.448. The van der Waals surface area contributed by atoms with Crippen molar-refractivity contribution in [3.05, 3.63) is 21.4 Å². The Bertz CT molecular complexity index is 206. The first kappa shape index (κ1) is 6.96. The minimum Gasteiger partial charge on any atom is -0.156 e. The van der Waals surface area contributed by atoms with Crippen LogP contribution in [0.3, 0.4) is 0 Å². The van der Waals surface area contributed by atoms with Crippen molar-refractivity contribution < 1.29 is 0 Å². The molecule has 1 aromatic heterocycles. The van der Waals surface area contributed by atoms with Gasteiger partial charge >= 0.3 is 0 Å². The third-order valence-corrected chi connectivity index (χ3v) is 2.14. The van der Waals surface area contributed by atoms with Crippen LogP contribution in [0.15, 0.2) is 10.7 Å². The zero-order valence-corrected chi connectivity index (χ0v) is 7.07. The van der Waals surface area contributed by atoms with E-state index in [4.69, 9.17) is 11.6 Å². The molecular weight excluding hydrogens is 203 g/mol. The predicted octanol–water partition coefficient (Wildman–Crippen LogP) is 2.20. The van der Waals surface area contributed by atoms with Crippen LogP contribution in [-0.2, 0) is 0 Å². The van der Waals surface area contributed by atoms with Crippen molar-refractivity contribution in [2.45, 2.75) is 6.92 Å². The first-order valence-electron chi connectivity index (χ1n) is 2.35. The van der Waals surface area contributed by atoms with Gasteiger partial charge in [-0.25, -0.2) is 0 Å². The second-order valence-corrected chi connectivity index (χ2v) is 2.82. The molecule has 1 rings (SSSR count). The molecule has 0 aliphatic rings. The van der Waals surface area contributed by atoms with E-state index in [0.29, 0.717) is 5.15 Å². The van der Waals surface area contributed by atoms with Crippen molar-refractivity contribution in [1.82, 2.24) is 10.2 Å². The third-order valence-electron chi connectivity index (χ3n) is 0.984. The molecule has 2 nitrogen and oxygen atoms in total. The highest BCUT2D eigenvalue weighted by molar-refractivity contribution is 9.10. The average Bonchev–Trinajstić information content (AvgIpc) is 1.83. The van der Waals surface area contributed by atoms with E-state index < -0.39 is 0 Å². The molecule has 0 fully saturated rings. The lowest BCUT2D eigenvalue weighted by molar-refractivity contribution is 1.01. The fraction of sp³-hybridized carbons (Fsp3) is 0.200. The lowest BCUT2D eigenvalue weighted by Crippen LogP contribution is -1.85. The Balaban J connectivity index is 3.25. The highest BCUT2D eigenvalue weighted by Crippen LogP contribution is 2.18. The molecule has 0 aliphatic carbocycles. The zero-order chi connectivity index (χ0) is 6.85. The van der Waals surface area contributed by atoms with Gasteiger partial charge in [-0.15, -0.1) is 5.10 Å². The summed E-state index contributed by atoms with van der Waals surface area (Å²) >= 11 is 8.87. The topological polar surface area (TPSA) is 25.8 Å². The van der Waals surface area contributed by atoms with Gasteiger partial charge in [0.25, 0.3) is 0 Å². The maximum atomic E-state index is 5.61. The Kier molecular flexibility index (Phi) is 2.03. The number of aromatic nitrogens is 2. The van der Waals surface area contributed by atoms with Gasteiger partial charge in [0.05, 0.1) is 6.20 Å². The molecule has 1 aromatic rings. The van der Waals surface area contributed by atoms with Crippen LogP contribution >= 0.6 is 27.5 Å². The normalized spacial score (nSPS) is 9.67. The summed E-state index contributed by atoms with van der Waals surface area (Å²) in [6, 6.07) is 0. The van der Waals surface area contributed by atoms with Crippen molar-refractivity contribution in [1.29, 1.82) is 0 Å². The van der Waals surface area contributed by atoms with E-state index in [-0.39, 0.29) is 0 Å². The van der Waals surface area contributed by atoms with Gasteiger partial charge in [0.1, 0.15) is 0 Å². The second-order valence-electron chi connectivity index (χ2n) is 1.61. The Labute approximate surface area is 66.4 Å². The molecule has 48 valence electrons. The number of nitrogens with zero attached hydrogens (tertiary/aromatic N) is 2. The first-order chi connectivity index (χ1) is 4.22. The molecule has 0 aliphatic heterocycles. The Morgan fingerprint density at radius 2 is 2.33 bits per heavy atom. The summed E-state index contributed by atoms with van der Waals surface area (Å²) in [5.74, 6) is 0. The lowest BCUT2D eigenvalue weighted by atomic mass is 10.4. The van der Waals surface area contributed by atoms with E-state index >= 15 is 0 Å². The van der Waals surface area contributed by atoms with Crippen LogP contribution in [0.2, 0.25) is 5.15 Å². The molecule has 0 aromatic carbocycles. The number of halogens is 2. The summed E-state index contributed by atoms with van der Waals surface area (Å²) in [6.45, 7) is 1.88. The quantitative estimate of drug-likeness (QED) is 0.652. The van der Waals surface area contributed by atoms with E-state index in [0.717, 1.165) is 10.0 Å². The molecule has 9 heavy (non-hydrogen) atoms. The highest BCUT2D eigenvalue weighted by atomic mass is 79.9. The van der Waals surface area contributed by atoms with Crippen LogP contribution in [0.1, 0.15) is 5.56 Å². The van der Waals surface area contributed by atoms with Gasteiger partial charge in [-0.1, -0.05) is 11.6 Å². The minimum atomic E-state index is 0.448. The van der Waals surface area contributed by atoms with Crippen molar-refractivity contribution in [3.63, 3.8) is 0 Å².